The van der Waals surface area contributed by atoms with Crippen molar-refractivity contribution >= 4 is 33.0 Å². The zero-order valence-corrected chi connectivity index (χ0v) is 19.9. The van der Waals surface area contributed by atoms with Crippen molar-refractivity contribution in [2.75, 3.05) is 30.9 Å². The number of hydrogen-bond acceptors (Lipinski definition) is 5. The summed E-state index contributed by atoms with van der Waals surface area (Å²) in [4.78, 5) is 17.5. The second-order valence-corrected chi connectivity index (χ2v) is 10.7. The monoisotopic (exact) mass is 469 g/mol. The highest BCUT2D eigenvalue weighted by atomic mass is 32.2. The van der Waals surface area contributed by atoms with Crippen molar-refractivity contribution in [3.8, 4) is 0 Å². The molecule has 1 saturated heterocycles. The molecule has 0 aliphatic carbocycles. The van der Waals surface area contributed by atoms with E-state index in [1.807, 2.05) is 19.1 Å². The molecule has 2 aromatic carbocycles. The molecule has 8 heteroatoms. The molecule has 4 rings (SSSR count). The van der Waals surface area contributed by atoms with Gasteiger partial charge in [0.1, 0.15) is 9.77 Å². The second-order valence-electron chi connectivity index (χ2n) is 8.14. The quantitative estimate of drug-likeness (QED) is 0.590. The summed E-state index contributed by atoms with van der Waals surface area (Å²) in [5.74, 6) is -0.223. The molecule has 3 aromatic rings. The van der Waals surface area contributed by atoms with Gasteiger partial charge in [-0.25, -0.2) is 8.42 Å². The van der Waals surface area contributed by atoms with Crippen LogP contribution in [0.15, 0.2) is 64.9 Å². The van der Waals surface area contributed by atoms with Gasteiger partial charge in [0.15, 0.2) is 0 Å². The third-order valence-electron chi connectivity index (χ3n) is 5.56. The summed E-state index contributed by atoms with van der Waals surface area (Å²) < 4.78 is 28.5. The van der Waals surface area contributed by atoms with Gasteiger partial charge in [0.05, 0.1) is 0 Å². The number of nitrogens with one attached hydrogen (secondary N) is 1. The number of aryl methyl sites for hydroxylation is 2. The number of nitrogens with zero attached hydrogens (tertiary/aromatic N) is 2. The number of thiophene rings is 1. The summed E-state index contributed by atoms with van der Waals surface area (Å²) in [7, 11) is -3.85. The van der Waals surface area contributed by atoms with Crippen molar-refractivity contribution in [2.24, 2.45) is 0 Å². The third-order valence-corrected chi connectivity index (χ3v) is 8.02. The number of anilines is 1. The molecule has 6 nitrogen and oxygen atoms in total. The van der Waals surface area contributed by atoms with Crippen LogP contribution in [-0.4, -0.2) is 50.3 Å². The number of hydrogen-bond donors (Lipinski definition) is 1. The van der Waals surface area contributed by atoms with E-state index in [-0.39, 0.29) is 15.7 Å². The Hall–Kier alpha value is -2.68. The molecule has 0 atom stereocenters. The van der Waals surface area contributed by atoms with E-state index in [1.54, 1.807) is 22.4 Å². The normalized spacial score (nSPS) is 15.0. The van der Waals surface area contributed by atoms with Gasteiger partial charge in [0.2, 0.25) is 0 Å². The summed E-state index contributed by atoms with van der Waals surface area (Å²) in [6.07, 6.45) is 0. The maximum absolute atomic E-state index is 13.2. The number of benzene rings is 2. The van der Waals surface area contributed by atoms with Gasteiger partial charge in [-0.15, -0.1) is 11.3 Å². The predicted octanol–water partition coefficient (Wildman–Crippen LogP) is 4.12. The highest BCUT2D eigenvalue weighted by molar-refractivity contribution is 7.93. The molecule has 2 heterocycles. The fourth-order valence-corrected chi connectivity index (χ4v) is 6.27. The van der Waals surface area contributed by atoms with Crippen LogP contribution in [-0.2, 0) is 16.6 Å². The lowest BCUT2D eigenvalue weighted by Crippen LogP contribution is -2.48. The van der Waals surface area contributed by atoms with Crippen LogP contribution in [0, 0.1) is 13.8 Å². The van der Waals surface area contributed by atoms with E-state index in [4.69, 9.17) is 0 Å². The van der Waals surface area contributed by atoms with Gasteiger partial charge < -0.3 is 4.90 Å². The fraction of sp³-hybridized carbons (Fsp3) is 0.292. The van der Waals surface area contributed by atoms with Crippen LogP contribution >= 0.6 is 11.3 Å². The molecule has 32 heavy (non-hydrogen) atoms. The van der Waals surface area contributed by atoms with Crippen molar-refractivity contribution in [2.45, 2.75) is 25.3 Å². The topological polar surface area (TPSA) is 69.7 Å². The molecule has 1 aliphatic heterocycles. The maximum Gasteiger partial charge on any atom is 0.265 e. The van der Waals surface area contributed by atoms with E-state index in [0.717, 1.165) is 25.2 Å². The lowest BCUT2D eigenvalue weighted by Gasteiger charge is -2.34. The number of amides is 1. The summed E-state index contributed by atoms with van der Waals surface area (Å²) in [5, 5.41) is 1.66. The van der Waals surface area contributed by atoms with E-state index >= 15 is 0 Å². The standard InChI is InChI=1S/C24H27N3O3S2/c1-18-6-8-21(9-7-18)25-32(29,30)22-10-15-31-23(22)24(28)27-13-11-26(12-14-27)17-20-5-3-4-19(2)16-20/h3-10,15-16,25H,11-14,17H2,1-2H3. The highest BCUT2D eigenvalue weighted by Crippen LogP contribution is 2.26. The Kier molecular flexibility index (Phi) is 6.64. The maximum atomic E-state index is 13.2. The molecular formula is C24H27N3O3S2. The Morgan fingerprint density at radius 2 is 1.69 bits per heavy atom. The number of carbonyl (C=O) groups is 1. The molecule has 0 saturated carbocycles. The summed E-state index contributed by atoms with van der Waals surface area (Å²) in [6.45, 7) is 7.54. The van der Waals surface area contributed by atoms with Gasteiger partial charge in [-0.05, 0) is 43.0 Å². The van der Waals surface area contributed by atoms with Crippen LogP contribution < -0.4 is 4.72 Å². The molecular weight excluding hydrogens is 442 g/mol. The first kappa shape index (κ1) is 22.5. The number of sulfonamides is 1. The molecule has 1 aromatic heterocycles. The number of rotatable bonds is 6. The molecule has 0 bridgehead atoms. The molecule has 1 amide bonds. The minimum Gasteiger partial charge on any atom is -0.335 e. The summed E-state index contributed by atoms with van der Waals surface area (Å²) in [6, 6.07) is 17.1. The SMILES string of the molecule is Cc1ccc(NS(=O)(=O)c2ccsc2C(=O)N2CCN(Cc3cccc(C)c3)CC2)cc1. The van der Waals surface area contributed by atoms with Crippen molar-refractivity contribution < 1.29 is 13.2 Å². The highest BCUT2D eigenvalue weighted by Gasteiger charge is 2.29. The first-order valence-electron chi connectivity index (χ1n) is 10.6. The van der Waals surface area contributed by atoms with Crippen LogP contribution in [0.1, 0.15) is 26.4 Å². The fourth-order valence-electron chi connectivity index (χ4n) is 3.82. The molecule has 0 unspecified atom stereocenters. The number of piperazine rings is 1. The first-order chi connectivity index (χ1) is 15.3. The molecule has 1 aliphatic rings. The minimum absolute atomic E-state index is 0.0373. The Bertz CT molecular complexity index is 1200. The number of carbonyl (C=O) groups excluding carboxylic acids is 1. The van der Waals surface area contributed by atoms with E-state index in [0.29, 0.717) is 18.8 Å². The first-order valence-corrected chi connectivity index (χ1v) is 12.9. The molecule has 0 radical (unpaired) electrons. The van der Waals surface area contributed by atoms with Crippen LogP contribution in [0.4, 0.5) is 5.69 Å². The van der Waals surface area contributed by atoms with Crippen LogP contribution in [0.3, 0.4) is 0 Å². The van der Waals surface area contributed by atoms with Gasteiger partial charge in [0, 0.05) is 38.4 Å². The lowest BCUT2D eigenvalue weighted by molar-refractivity contribution is 0.0630. The van der Waals surface area contributed by atoms with Gasteiger partial charge in [-0.2, -0.15) is 0 Å². The third kappa shape index (κ3) is 5.20. The van der Waals surface area contributed by atoms with Crippen LogP contribution in [0.5, 0.6) is 0 Å². The molecule has 0 spiro atoms. The Morgan fingerprint density at radius 3 is 2.38 bits per heavy atom. The zero-order chi connectivity index (χ0) is 22.7. The van der Waals surface area contributed by atoms with Crippen LogP contribution in [0.25, 0.3) is 0 Å². The van der Waals surface area contributed by atoms with E-state index in [2.05, 4.69) is 40.8 Å². The smallest absolute Gasteiger partial charge is 0.265 e. The van der Waals surface area contributed by atoms with Crippen LogP contribution in [0.2, 0.25) is 0 Å². The largest absolute Gasteiger partial charge is 0.335 e. The van der Waals surface area contributed by atoms with E-state index < -0.39 is 10.0 Å². The minimum atomic E-state index is -3.85. The summed E-state index contributed by atoms with van der Waals surface area (Å²) in [5.41, 5.74) is 4.02. The Labute approximate surface area is 193 Å². The molecule has 168 valence electrons. The summed E-state index contributed by atoms with van der Waals surface area (Å²) >= 11 is 1.17. The Morgan fingerprint density at radius 1 is 0.969 bits per heavy atom. The zero-order valence-electron chi connectivity index (χ0n) is 18.2. The van der Waals surface area contributed by atoms with Gasteiger partial charge in [-0.1, -0.05) is 47.5 Å². The van der Waals surface area contributed by atoms with E-state index in [9.17, 15) is 13.2 Å². The Balaban J connectivity index is 1.41. The van der Waals surface area contributed by atoms with Crippen molar-refractivity contribution in [3.05, 3.63) is 81.5 Å². The molecule has 1 N–H and O–H groups in total. The second kappa shape index (κ2) is 9.44. The van der Waals surface area contributed by atoms with Crippen molar-refractivity contribution in [3.63, 3.8) is 0 Å². The lowest BCUT2D eigenvalue weighted by atomic mass is 10.1. The van der Waals surface area contributed by atoms with Crippen molar-refractivity contribution in [1.29, 1.82) is 0 Å². The predicted molar refractivity (Wildman–Crippen MR) is 129 cm³/mol. The molecule has 1 fully saturated rings. The van der Waals surface area contributed by atoms with E-state index in [1.165, 1.54) is 28.5 Å². The van der Waals surface area contributed by atoms with Gasteiger partial charge >= 0.3 is 0 Å². The van der Waals surface area contributed by atoms with Crippen molar-refractivity contribution in [1.82, 2.24) is 9.80 Å². The van der Waals surface area contributed by atoms with Gasteiger partial charge in [-0.3, -0.25) is 14.4 Å². The van der Waals surface area contributed by atoms with Gasteiger partial charge in [0.25, 0.3) is 15.9 Å². The average molecular weight is 470 g/mol. The average Bonchev–Trinajstić information content (AvgIpc) is 3.26.